The Bertz CT molecular complexity index is 715. The molecule has 1 atom stereocenters. The van der Waals surface area contributed by atoms with Crippen molar-refractivity contribution in [1.82, 2.24) is 25.1 Å². The Balaban J connectivity index is 0.00000280. The SMILES string of the molecule is CCNC(=NCc1nccn1Cc1ccccc1)NCC1CCCN1CC.I. The topological polar surface area (TPSA) is 57.5 Å². The Kier molecular flexibility index (Phi) is 9.77. The molecule has 3 rings (SSSR count). The van der Waals surface area contributed by atoms with Gasteiger partial charge in [0.15, 0.2) is 5.96 Å². The first-order valence-electron chi connectivity index (χ1n) is 10.1. The average molecular weight is 496 g/mol. The second-order valence-corrected chi connectivity index (χ2v) is 6.96. The molecule has 0 saturated carbocycles. The highest BCUT2D eigenvalue weighted by Gasteiger charge is 2.22. The van der Waals surface area contributed by atoms with Crippen LogP contribution in [0.5, 0.6) is 0 Å². The van der Waals surface area contributed by atoms with Crippen molar-refractivity contribution in [2.75, 3.05) is 26.2 Å². The van der Waals surface area contributed by atoms with Crippen molar-refractivity contribution in [2.45, 2.75) is 45.8 Å². The van der Waals surface area contributed by atoms with Gasteiger partial charge in [0.2, 0.25) is 0 Å². The summed E-state index contributed by atoms with van der Waals surface area (Å²) in [7, 11) is 0. The van der Waals surface area contributed by atoms with E-state index >= 15 is 0 Å². The first kappa shape index (κ1) is 22.7. The molecule has 0 spiro atoms. The van der Waals surface area contributed by atoms with Gasteiger partial charge < -0.3 is 15.2 Å². The monoisotopic (exact) mass is 496 g/mol. The van der Waals surface area contributed by atoms with Gasteiger partial charge in [0.25, 0.3) is 0 Å². The Labute approximate surface area is 185 Å². The summed E-state index contributed by atoms with van der Waals surface area (Å²) in [5.74, 6) is 1.85. The van der Waals surface area contributed by atoms with Crippen LogP contribution in [0.1, 0.15) is 38.1 Å². The standard InChI is InChI=1S/C21H32N6.HI/c1-3-22-21(24-15-19-11-8-13-26(19)4-2)25-16-20-23-12-14-27(20)17-18-9-6-5-7-10-18;/h5-7,9-10,12,14,19H,3-4,8,11,13,15-17H2,1-2H3,(H2,22,24,25);1H. The third-order valence-electron chi connectivity index (χ3n) is 5.13. The van der Waals surface area contributed by atoms with E-state index in [0.29, 0.717) is 12.6 Å². The van der Waals surface area contributed by atoms with E-state index in [1.54, 1.807) is 0 Å². The molecule has 1 aromatic carbocycles. The van der Waals surface area contributed by atoms with Crippen molar-refractivity contribution in [1.29, 1.82) is 0 Å². The maximum Gasteiger partial charge on any atom is 0.191 e. The van der Waals surface area contributed by atoms with E-state index in [-0.39, 0.29) is 24.0 Å². The van der Waals surface area contributed by atoms with E-state index < -0.39 is 0 Å². The van der Waals surface area contributed by atoms with Crippen LogP contribution in [0.25, 0.3) is 0 Å². The average Bonchev–Trinajstić information content (AvgIpc) is 3.33. The van der Waals surface area contributed by atoms with Crippen molar-refractivity contribution in [2.24, 2.45) is 4.99 Å². The lowest BCUT2D eigenvalue weighted by Crippen LogP contribution is -2.44. The third-order valence-corrected chi connectivity index (χ3v) is 5.13. The molecule has 6 nitrogen and oxygen atoms in total. The van der Waals surface area contributed by atoms with Gasteiger partial charge in [-0.15, -0.1) is 24.0 Å². The number of guanidine groups is 1. The van der Waals surface area contributed by atoms with Crippen LogP contribution in [0.15, 0.2) is 47.7 Å². The molecule has 1 saturated heterocycles. The normalized spacial score (nSPS) is 17.4. The molecule has 0 radical (unpaired) electrons. The van der Waals surface area contributed by atoms with E-state index in [1.807, 2.05) is 18.5 Å². The van der Waals surface area contributed by atoms with Gasteiger partial charge in [-0.05, 0) is 38.4 Å². The maximum absolute atomic E-state index is 4.76. The van der Waals surface area contributed by atoms with Gasteiger partial charge in [0.1, 0.15) is 12.4 Å². The van der Waals surface area contributed by atoms with E-state index in [2.05, 4.69) is 63.2 Å². The number of hydrogen-bond acceptors (Lipinski definition) is 3. The molecule has 0 aliphatic carbocycles. The van der Waals surface area contributed by atoms with Crippen LogP contribution < -0.4 is 10.6 Å². The third kappa shape index (κ3) is 6.48. The Hall–Kier alpha value is -1.61. The minimum absolute atomic E-state index is 0. The summed E-state index contributed by atoms with van der Waals surface area (Å²) in [6, 6.07) is 11.1. The zero-order valence-corrected chi connectivity index (χ0v) is 19.3. The summed E-state index contributed by atoms with van der Waals surface area (Å²) in [6.07, 6.45) is 6.44. The van der Waals surface area contributed by atoms with Crippen molar-refractivity contribution in [3.8, 4) is 0 Å². The van der Waals surface area contributed by atoms with E-state index in [9.17, 15) is 0 Å². The number of hydrogen-bond donors (Lipinski definition) is 2. The highest BCUT2D eigenvalue weighted by molar-refractivity contribution is 14.0. The van der Waals surface area contributed by atoms with Crippen molar-refractivity contribution < 1.29 is 0 Å². The number of aromatic nitrogens is 2. The van der Waals surface area contributed by atoms with Crippen molar-refractivity contribution in [3.05, 3.63) is 54.1 Å². The maximum atomic E-state index is 4.76. The number of nitrogens with zero attached hydrogens (tertiary/aromatic N) is 4. The number of imidazole rings is 1. The molecule has 28 heavy (non-hydrogen) atoms. The number of benzene rings is 1. The van der Waals surface area contributed by atoms with Gasteiger partial charge in [-0.25, -0.2) is 9.98 Å². The van der Waals surface area contributed by atoms with Gasteiger partial charge in [0, 0.05) is 38.1 Å². The van der Waals surface area contributed by atoms with Gasteiger partial charge in [-0.2, -0.15) is 0 Å². The van der Waals surface area contributed by atoms with E-state index in [0.717, 1.165) is 38.0 Å². The fourth-order valence-corrected chi connectivity index (χ4v) is 3.66. The second-order valence-electron chi connectivity index (χ2n) is 6.96. The van der Waals surface area contributed by atoms with Crippen LogP contribution in [-0.4, -0.2) is 52.6 Å². The quantitative estimate of drug-likeness (QED) is 0.335. The lowest BCUT2D eigenvalue weighted by molar-refractivity contribution is 0.267. The largest absolute Gasteiger partial charge is 0.357 e. The lowest BCUT2D eigenvalue weighted by Gasteiger charge is -2.24. The van der Waals surface area contributed by atoms with Crippen LogP contribution in [0.3, 0.4) is 0 Å². The molecule has 1 aliphatic rings. The molecule has 1 unspecified atom stereocenters. The second kappa shape index (κ2) is 12.1. The summed E-state index contributed by atoms with van der Waals surface area (Å²) in [6.45, 7) is 9.86. The van der Waals surface area contributed by atoms with Gasteiger partial charge in [-0.1, -0.05) is 37.3 Å². The molecule has 1 aliphatic heterocycles. The van der Waals surface area contributed by atoms with Crippen LogP contribution in [-0.2, 0) is 13.1 Å². The minimum Gasteiger partial charge on any atom is -0.357 e. The number of aliphatic imine (C=N–C) groups is 1. The van der Waals surface area contributed by atoms with E-state index in [1.165, 1.54) is 24.9 Å². The van der Waals surface area contributed by atoms with Crippen LogP contribution in [0.4, 0.5) is 0 Å². The lowest BCUT2D eigenvalue weighted by atomic mass is 10.2. The highest BCUT2D eigenvalue weighted by atomic mass is 127. The van der Waals surface area contributed by atoms with Gasteiger partial charge >= 0.3 is 0 Å². The van der Waals surface area contributed by atoms with E-state index in [4.69, 9.17) is 4.99 Å². The molecular weight excluding hydrogens is 463 g/mol. The summed E-state index contributed by atoms with van der Waals surface area (Å²) in [4.78, 5) is 11.8. The molecule has 154 valence electrons. The Morgan fingerprint density at radius 3 is 2.79 bits per heavy atom. The molecule has 2 aromatic rings. The predicted molar refractivity (Wildman–Crippen MR) is 126 cm³/mol. The summed E-state index contributed by atoms with van der Waals surface area (Å²) in [5.41, 5.74) is 1.27. The fraction of sp³-hybridized carbons (Fsp3) is 0.524. The first-order valence-corrected chi connectivity index (χ1v) is 10.1. The van der Waals surface area contributed by atoms with Crippen LogP contribution in [0, 0.1) is 0 Å². The number of likely N-dealkylation sites (tertiary alicyclic amines) is 1. The molecule has 0 amide bonds. The highest BCUT2D eigenvalue weighted by Crippen LogP contribution is 2.15. The summed E-state index contributed by atoms with van der Waals surface area (Å²) >= 11 is 0. The predicted octanol–water partition coefficient (Wildman–Crippen LogP) is 3.09. The fourth-order valence-electron chi connectivity index (χ4n) is 3.66. The molecule has 2 heterocycles. The molecule has 1 aromatic heterocycles. The molecule has 1 fully saturated rings. The van der Waals surface area contributed by atoms with Crippen molar-refractivity contribution >= 4 is 29.9 Å². The summed E-state index contributed by atoms with van der Waals surface area (Å²) < 4.78 is 2.16. The number of likely N-dealkylation sites (N-methyl/N-ethyl adjacent to an activating group) is 1. The van der Waals surface area contributed by atoms with Crippen molar-refractivity contribution in [3.63, 3.8) is 0 Å². The number of rotatable bonds is 8. The zero-order valence-electron chi connectivity index (χ0n) is 17.0. The first-order chi connectivity index (χ1) is 13.3. The summed E-state index contributed by atoms with van der Waals surface area (Å²) in [5, 5.41) is 6.87. The zero-order chi connectivity index (χ0) is 18.9. The molecule has 0 bridgehead atoms. The number of halogens is 1. The smallest absolute Gasteiger partial charge is 0.191 e. The van der Waals surface area contributed by atoms with Crippen LogP contribution in [0.2, 0.25) is 0 Å². The molecular formula is C21H33IN6. The number of nitrogens with one attached hydrogen (secondary N) is 2. The van der Waals surface area contributed by atoms with Gasteiger partial charge in [0.05, 0.1) is 0 Å². The molecule has 7 heteroatoms. The van der Waals surface area contributed by atoms with Crippen LogP contribution >= 0.6 is 24.0 Å². The van der Waals surface area contributed by atoms with Gasteiger partial charge in [-0.3, -0.25) is 4.90 Å². The Morgan fingerprint density at radius 1 is 1.21 bits per heavy atom. The Morgan fingerprint density at radius 2 is 2.04 bits per heavy atom. The minimum atomic E-state index is 0. The molecule has 2 N–H and O–H groups in total.